The van der Waals surface area contributed by atoms with E-state index < -0.39 is 0 Å². The van der Waals surface area contributed by atoms with Crippen molar-refractivity contribution in [3.63, 3.8) is 0 Å². The Morgan fingerprint density at radius 2 is 1.76 bits per heavy atom. The Kier molecular flexibility index (Phi) is 6.55. The molecule has 1 atom stereocenters. The lowest BCUT2D eigenvalue weighted by Gasteiger charge is -2.15. The second kappa shape index (κ2) is 9.72. The fraction of sp³-hybridized carbons (Fsp3) is 0.200. The number of hydrogen-bond donors (Lipinski definition) is 3. The van der Waals surface area contributed by atoms with Gasteiger partial charge >= 0.3 is 0 Å². The van der Waals surface area contributed by atoms with E-state index in [1.807, 2.05) is 57.2 Å². The zero-order valence-corrected chi connectivity index (χ0v) is 19.4. The molecule has 0 aliphatic rings. The van der Waals surface area contributed by atoms with Crippen molar-refractivity contribution in [3.8, 4) is 0 Å². The minimum atomic E-state index is -0.388. The van der Waals surface area contributed by atoms with Gasteiger partial charge in [-0.3, -0.25) is 14.4 Å². The molecular formula is C25H26N6O3. The first kappa shape index (κ1) is 22.9. The molecule has 34 heavy (non-hydrogen) atoms. The SMILES string of the molecule is CONC(=O)c1cccc(C)c1Nc1ncnn2cc(C(=O)NC(C)c3ccccc3)c(C)c12. The van der Waals surface area contributed by atoms with Gasteiger partial charge in [0.25, 0.3) is 11.8 Å². The first-order valence-corrected chi connectivity index (χ1v) is 10.8. The van der Waals surface area contributed by atoms with Gasteiger partial charge in [-0.15, -0.1) is 0 Å². The molecular weight excluding hydrogens is 432 g/mol. The topological polar surface area (TPSA) is 110 Å². The molecule has 0 aliphatic carbocycles. The van der Waals surface area contributed by atoms with Crippen molar-refractivity contribution >= 4 is 28.8 Å². The zero-order valence-electron chi connectivity index (χ0n) is 19.4. The molecule has 0 spiro atoms. The van der Waals surface area contributed by atoms with E-state index in [9.17, 15) is 9.59 Å². The van der Waals surface area contributed by atoms with Gasteiger partial charge in [0.1, 0.15) is 11.8 Å². The third-order valence-electron chi connectivity index (χ3n) is 5.67. The fourth-order valence-corrected chi connectivity index (χ4v) is 3.87. The van der Waals surface area contributed by atoms with Crippen molar-refractivity contribution in [1.82, 2.24) is 25.4 Å². The molecule has 2 heterocycles. The highest BCUT2D eigenvalue weighted by Crippen LogP contribution is 2.29. The number of hydrogen-bond acceptors (Lipinski definition) is 6. The number of para-hydroxylation sites is 1. The van der Waals surface area contributed by atoms with Crippen LogP contribution in [0.25, 0.3) is 5.52 Å². The molecule has 0 radical (unpaired) electrons. The first-order valence-electron chi connectivity index (χ1n) is 10.8. The lowest BCUT2D eigenvalue weighted by Crippen LogP contribution is -2.26. The minimum Gasteiger partial charge on any atom is -0.345 e. The standard InChI is InChI=1S/C25H26N6O3/c1-15-9-8-12-19(25(33)30-34-4)21(15)29-23-22-16(2)20(13-31(22)27-14-26-23)24(32)28-17(3)18-10-6-5-7-11-18/h5-14,17H,1-4H3,(H,28,32)(H,30,33)(H,26,27,29). The Balaban J connectivity index is 1.68. The number of benzene rings is 2. The molecule has 1 unspecified atom stereocenters. The largest absolute Gasteiger partial charge is 0.345 e. The maximum atomic E-state index is 13.1. The Morgan fingerprint density at radius 3 is 2.50 bits per heavy atom. The lowest BCUT2D eigenvalue weighted by atomic mass is 10.1. The number of carbonyl (C=O) groups is 2. The fourth-order valence-electron chi connectivity index (χ4n) is 3.87. The molecule has 9 heteroatoms. The van der Waals surface area contributed by atoms with Crippen LogP contribution in [0.5, 0.6) is 0 Å². The van der Waals surface area contributed by atoms with Crippen LogP contribution < -0.4 is 16.1 Å². The molecule has 3 N–H and O–H groups in total. The predicted octanol–water partition coefficient (Wildman–Crippen LogP) is 3.87. The average Bonchev–Trinajstić information content (AvgIpc) is 3.18. The molecule has 0 fully saturated rings. The van der Waals surface area contributed by atoms with Gasteiger partial charge in [-0.25, -0.2) is 15.0 Å². The molecule has 2 amide bonds. The monoisotopic (exact) mass is 458 g/mol. The maximum Gasteiger partial charge on any atom is 0.276 e. The smallest absolute Gasteiger partial charge is 0.276 e. The molecule has 174 valence electrons. The van der Waals surface area contributed by atoms with E-state index in [1.54, 1.807) is 22.8 Å². The minimum absolute atomic E-state index is 0.159. The van der Waals surface area contributed by atoms with E-state index in [0.29, 0.717) is 28.1 Å². The summed E-state index contributed by atoms with van der Waals surface area (Å²) in [6.45, 7) is 5.68. The van der Waals surface area contributed by atoms with Crippen LogP contribution >= 0.6 is 0 Å². The van der Waals surface area contributed by atoms with Crippen molar-refractivity contribution in [1.29, 1.82) is 0 Å². The van der Waals surface area contributed by atoms with E-state index in [2.05, 4.69) is 26.2 Å². The highest BCUT2D eigenvalue weighted by Gasteiger charge is 2.21. The number of nitrogens with one attached hydrogen (secondary N) is 3. The van der Waals surface area contributed by atoms with Crippen LogP contribution in [0.1, 0.15) is 50.4 Å². The summed E-state index contributed by atoms with van der Waals surface area (Å²) in [6, 6.07) is 15.0. The van der Waals surface area contributed by atoms with Crippen LogP contribution in [0.3, 0.4) is 0 Å². The highest BCUT2D eigenvalue weighted by atomic mass is 16.6. The predicted molar refractivity (Wildman–Crippen MR) is 129 cm³/mol. The van der Waals surface area contributed by atoms with Crippen LogP contribution in [0, 0.1) is 13.8 Å². The van der Waals surface area contributed by atoms with Crippen molar-refractivity contribution in [2.24, 2.45) is 0 Å². The van der Waals surface area contributed by atoms with E-state index >= 15 is 0 Å². The summed E-state index contributed by atoms with van der Waals surface area (Å²) in [5.41, 5.74) is 7.05. The van der Waals surface area contributed by atoms with Crippen LogP contribution in [-0.2, 0) is 4.84 Å². The third kappa shape index (κ3) is 4.46. The van der Waals surface area contributed by atoms with Gasteiger partial charge in [0, 0.05) is 6.20 Å². The van der Waals surface area contributed by atoms with E-state index in [4.69, 9.17) is 4.84 Å². The Morgan fingerprint density at radius 1 is 1.00 bits per heavy atom. The summed E-state index contributed by atoms with van der Waals surface area (Å²) < 4.78 is 1.61. The van der Waals surface area contributed by atoms with Crippen LogP contribution in [-0.4, -0.2) is 33.5 Å². The molecule has 4 aromatic rings. The zero-order chi connectivity index (χ0) is 24.2. The lowest BCUT2D eigenvalue weighted by molar-refractivity contribution is 0.0538. The third-order valence-corrected chi connectivity index (χ3v) is 5.67. The van der Waals surface area contributed by atoms with Gasteiger partial charge in [-0.05, 0) is 43.5 Å². The molecule has 2 aromatic carbocycles. The number of aromatic nitrogens is 3. The summed E-state index contributed by atoms with van der Waals surface area (Å²) in [6.07, 6.45) is 3.08. The molecule has 0 bridgehead atoms. The van der Waals surface area contributed by atoms with E-state index in [-0.39, 0.29) is 17.9 Å². The number of nitrogens with zero attached hydrogens (tertiary/aromatic N) is 3. The van der Waals surface area contributed by atoms with Crippen LogP contribution in [0.15, 0.2) is 61.1 Å². The first-order chi connectivity index (χ1) is 16.4. The number of carbonyl (C=O) groups excluding carboxylic acids is 2. The van der Waals surface area contributed by atoms with E-state index in [0.717, 1.165) is 16.7 Å². The molecule has 0 aliphatic heterocycles. The summed E-state index contributed by atoms with van der Waals surface area (Å²) in [4.78, 5) is 34.8. The van der Waals surface area contributed by atoms with Crippen LogP contribution in [0.2, 0.25) is 0 Å². The van der Waals surface area contributed by atoms with Gasteiger partial charge < -0.3 is 10.6 Å². The number of aryl methyl sites for hydroxylation is 2. The van der Waals surface area contributed by atoms with Crippen molar-refractivity contribution in [2.75, 3.05) is 12.4 Å². The van der Waals surface area contributed by atoms with Crippen molar-refractivity contribution in [3.05, 3.63) is 88.9 Å². The van der Waals surface area contributed by atoms with Gasteiger partial charge in [-0.2, -0.15) is 5.10 Å². The average molecular weight is 459 g/mol. The normalized spacial score (nSPS) is 11.8. The van der Waals surface area contributed by atoms with Crippen molar-refractivity contribution in [2.45, 2.75) is 26.8 Å². The number of fused-ring (bicyclic) bond motifs is 1. The Labute approximate surface area is 197 Å². The summed E-state index contributed by atoms with van der Waals surface area (Å²) >= 11 is 0. The second-order valence-corrected chi connectivity index (χ2v) is 7.93. The summed E-state index contributed by atoms with van der Waals surface area (Å²) in [5.74, 6) is -0.120. The molecule has 9 nitrogen and oxygen atoms in total. The number of hydroxylamine groups is 1. The molecule has 0 saturated heterocycles. The van der Waals surface area contributed by atoms with Gasteiger partial charge in [0.05, 0.1) is 30.0 Å². The number of amides is 2. The van der Waals surface area contributed by atoms with Crippen molar-refractivity contribution < 1.29 is 14.4 Å². The van der Waals surface area contributed by atoms with Gasteiger partial charge in [-0.1, -0.05) is 42.5 Å². The van der Waals surface area contributed by atoms with Gasteiger partial charge in [0.2, 0.25) is 0 Å². The number of anilines is 2. The Bertz CT molecular complexity index is 1350. The Hall–Kier alpha value is -4.24. The highest BCUT2D eigenvalue weighted by molar-refractivity contribution is 6.02. The second-order valence-electron chi connectivity index (χ2n) is 7.93. The van der Waals surface area contributed by atoms with E-state index in [1.165, 1.54) is 13.4 Å². The molecule has 0 saturated carbocycles. The quantitative estimate of drug-likeness (QED) is 0.363. The van der Waals surface area contributed by atoms with Crippen LogP contribution in [0.4, 0.5) is 11.5 Å². The summed E-state index contributed by atoms with van der Waals surface area (Å²) in [7, 11) is 1.38. The maximum absolute atomic E-state index is 13.1. The molecule has 4 rings (SSSR count). The number of rotatable bonds is 7. The summed E-state index contributed by atoms with van der Waals surface area (Å²) in [5, 5.41) is 10.6. The van der Waals surface area contributed by atoms with Gasteiger partial charge in [0.15, 0.2) is 5.82 Å². The molecule has 2 aromatic heterocycles.